The molecule has 0 saturated heterocycles. The van der Waals surface area contributed by atoms with Crippen molar-refractivity contribution in [2.75, 3.05) is 12.4 Å². The third-order valence-corrected chi connectivity index (χ3v) is 9.96. The third-order valence-electron chi connectivity index (χ3n) is 9.06. The van der Waals surface area contributed by atoms with Crippen LogP contribution in [-0.2, 0) is 25.6 Å². The molecule has 2 N–H and O–H groups in total. The van der Waals surface area contributed by atoms with E-state index in [1.807, 2.05) is 12.1 Å². The minimum atomic E-state index is -1.29. The van der Waals surface area contributed by atoms with E-state index in [0.29, 0.717) is 23.5 Å². The van der Waals surface area contributed by atoms with E-state index in [4.69, 9.17) is 4.74 Å². The van der Waals surface area contributed by atoms with Crippen LogP contribution in [0.5, 0.6) is 5.75 Å². The molecule has 1 amide bonds. The number of esters is 1. The second-order valence-electron chi connectivity index (χ2n) is 12.0. The van der Waals surface area contributed by atoms with Gasteiger partial charge in [0.05, 0.1) is 11.5 Å². The first-order valence-corrected chi connectivity index (χ1v) is 14.5. The average molecular weight is 563 g/mol. The summed E-state index contributed by atoms with van der Waals surface area (Å²) in [7, 11) is 0. The zero-order valence-electron chi connectivity index (χ0n) is 22.9. The molecule has 0 radical (unpaired) electrons. The number of aliphatic hydroxyl groups excluding tert-OH is 1. The number of rotatable bonds is 9. The van der Waals surface area contributed by atoms with Crippen LogP contribution >= 0.6 is 11.8 Å². The van der Waals surface area contributed by atoms with Crippen LogP contribution in [0.1, 0.15) is 76.8 Å². The molecule has 39 heavy (non-hydrogen) atoms. The lowest BCUT2D eigenvalue weighted by molar-refractivity contribution is -0.760. The van der Waals surface area contributed by atoms with Gasteiger partial charge in [0.2, 0.25) is 5.91 Å². The monoisotopic (exact) mass is 562 g/mol. The number of amides is 1. The Morgan fingerprint density at radius 2 is 2.00 bits per heavy atom. The summed E-state index contributed by atoms with van der Waals surface area (Å²) in [5, 5.41) is 22.6. The van der Waals surface area contributed by atoms with E-state index in [2.05, 4.69) is 17.1 Å². The van der Waals surface area contributed by atoms with Crippen molar-refractivity contribution in [2.24, 2.45) is 22.7 Å². The molecule has 0 aliphatic heterocycles. The molecular formula is C28H38N2O8S. The fourth-order valence-electron chi connectivity index (χ4n) is 6.78. The van der Waals surface area contributed by atoms with Gasteiger partial charge in [0, 0.05) is 12.7 Å². The molecule has 3 aliphatic rings. The molecule has 11 heteroatoms. The topological polar surface area (TPSA) is 145 Å². The fourth-order valence-corrected chi connectivity index (χ4v) is 7.41. The van der Waals surface area contributed by atoms with Crippen LogP contribution in [0.2, 0.25) is 0 Å². The van der Waals surface area contributed by atoms with Gasteiger partial charge in [0.15, 0.2) is 5.12 Å². The van der Waals surface area contributed by atoms with Crippen molar-refractivity contribution in [1.29, 1.82) is 0 Å². The van der Waals surface area contributed by atoms with Gasteiger partial charge in [-0.2, -0.15) is 0 Å². The molecule has 1 aromatic carbocycles. The Balaban J connectivity index is 1.45. The number of thioether (sulfide) groups is 1. The Morgan fingerprint density at radius 1 is 1.26 bits per heavy atom. The highest BCUT2D eigenvalue weighted by molar-refractivity contribution is 8.13. The summed E-state index contributed by atoms with van der Waals surface area (Å²) in [6.45, 7) is 6.05. The summed E-state index contributed by atoms with van der Waals surface area (Å²) in [4.78, 5) is 52.4. The fraction of sp³-hybridized carbons (Fsp3) is 0.679. The van der Waals surface area contributed by atoms with Crippen molar-refractivity contribution in [3.05, 3.63) is 39.4 Å². The number of nitrogens with zero attached hydrogens (tertiary/aromatic N) is 1. The van der Waals surface area contributed by atoms with E-state index in [1.165, 1.54) is 26.3 Å². The first kappa shape index (κ1) is 29.3. The molecule has 0 heterocycles. The van der Waals surface area contributed by atoms with Crippen LogP contribution in [-0.4, -0.2) is 51.7 Å². The molecule has 1 unspecified atom stereocenters. The smallest absolute Gasteiger partial charge is 0.334 e. The van der Waals surface area contributed by atoms with E-state index < -0.39 is 35.0 Å². The number of carbonyl (C=O) groups excluding carboxylic acids is 3. The summed E-state index contributed by atoms with van der Waals surface area (Å²) < 4.78 is 5.67. The van der Waals surface area contributed by atoms with Crippen LogP contribution in [0.4, 0.5) is 0 Å². The Hall–Kier alpha value is -2.66. The van der Waals surface area contributed by atoms with Crippen molar-refractivity contribution >= 4 is 28.8 Å². The summed E-state index contributed by atoms with van der Waals surface area (Å²) >= 11 is 0.880. The molecule has 214 valence electrons. The van der Waals surface area contributed by atoms with Crippen LogP contribution in [0, 0.1) is 32.8 Å². The Bertz CT molecular complexity index is 1140. The SMILES string of the molecule is CC(=O)SCC(NC(=O)C(C)(C)CO[N+](=O)[O-])C(=O)Oc1ccc2c(c1)CC[C@@H]1[C@@H]2CC[C@]2(C)[C@@H](O)CC[C@@H]12. The summed E-state index contributed by atoms with van der Waals surface area (Å²) in [5.41, 5.74) is 1.16. The van der Waals surface area contributed by atoms with Crippen molar-refractivity contribution in [3.63, 3.8) is 0 Å². The molecule has 4 rings (SSSR count). The van der Waals surface area contributed by atoms with Gasteiger partial charge < -0.3 is 20.0 Å². The van der Waals surface area contributed by atoms with Crippen molar-refractivity contribution in [3.8, 4) is 5.75 Å². The predicted octanol–water partition coefficient (Wildman–Crippen LogP) is 3.81. The molecule has 1 aromatic rings. The quantitative estimate of drug-likeness (QED) is 0.199. The van der Waals surface area contributed by atoms with Gasteiger partial charge in [-0.05, 0) is 98.8 Å². The summed E-state index contributed by atoms with van der Waals surface area (Å²) in [6, 6.07) is 4.58. The van der Waals surface area contributed by atoms with Gasteiger partial charge in [0.25, 0.3) is 5.09 Å². The Kier molecular flexibility index (Phi) is 8.61. The van der Waals surface area contributed by atoms with Crippen molar-refractivity contribution in [1.82, 2.24) is 5.32 Å². The number of fused-ring (bicyclic) bond motifs is 5. The number of benzene rings is 1. The number of aliphatic hydroxyl groups is 1. The minimum Gasteiger partial charge on any atom is -0.425 e. The number of carbonyl (C=O) groups is 3. The van der Waals surface area contributed by atoms with E-state index in [-0.39, 0.29) is 22.4 Å². The molecular weight excluding hydrogens is 524 g/mol. The maximum absolute atomic E-state index is 13.1. The molecule has 10 nitrogen and oxygen atoms in total. The van der Waals surface area contributed by atoms with Crippen LogP contribution < -0.4 is 10.1 Å². The number of nitrogens with one attached hydrogen (secondary N) is 1. The number of hydrogen-bond donors (Lipinski definition) is 2. The van der Waals surface area contributed by atoms with E-state index in [1.54, 1.807) is 6.07 Å². The lowest BCUT2D eigenvalue weighted by atomic mass is 9.55. The van der Waals surface area contributed by atoms with Crippen molar-refractivity contribution < 1.29 is 34.2 Å². The summed E-state index contributed by atoms with van der Waals surface area (Å²) in [6.07, 6.45) is 5.69. The van der Waals surface area contributed by atoms with Gasteiger partial charge in [-0.3, -0.25) is 9.59 Å². The van der Waals surface area contributed by atoms with Crippen molar-refractivity contribution in [2.45, 2.75) is 84.3 Å². The van der Waals surface area contributed by atoms with Gasteiger partial charge in [-0.1, -0.05) is 24.8 Å². The van der Waals surface area contributed by atoms with E-state index >= 15 is 0 Å². The largest absolute Gasteiger partial charge is 0.425 e. The van der Waals surface area contributed by atoms with Gasteiger partial charge in [-0.25, -0.2) is 4.79 Å². The highest BCUT2D eigenvalue weighted by Crippen LogP contribution is 2.60. The van der Waals surface area contributed by atoms with E-state index in [0.717, 1.165) is 55.9 Å². The van der Waals surface area contributed by atoms with Gasteiger partial charge in [-0.15, -0.1) is 10.1 Å². The van der Waals surface area contributed by atoms with Crippen LogP contribution in [0.15, 0.2) is 18.2 Å². The number of ether oxygens (including phenoxy) is 1. The molecule has 6 atom stereocenters. The van der Waals surface area contributed by atoms with Gasteiger partial charge >= 0.3 is 5.97 Å². The van der Waals surface area contributed by atoms with Crippen LogP contribution in [0.25, 0.3) is 0 Å². The first-order chi connectivity index (χ1) is 18.3. The van der Waals surface area contributed by atoms with Gasteiger partial charge in [0.1, 0.15) is 18.4 Å². The molecule has 0 aromatic heterocycles. The predicted molar refractivity (Wildman–Crippen MR) is 144 cm³/mol. The second-order valence-corrected chi connectivity index (χ2v) is 13.2. The molecule has 0 spiro atoms. The maximum atomic E-state index is 13.1. The number of aryl methyl sites for hydroxylation is 1. The molecule has 0 bridgehead atoms. The highest BCUT2D eigenvalue weighted by Gasteiger charge is 2.54. The van der Waals surface area contributed by atoms with E-state index in [9.17, 15) is 29.6 Å². The third kappa shape index (κ3) is 6.24. The van der Waals surface area contributed by atoms with Crippen LogP contribution in [0.3, 0.4) is 0 Å². The molecule has 2 saturated carbocycles. The summed E-state index contributed by atoms with van der Waals surface area (Å²) in [5.74, 6) is 0.500. The standard InChI is InChI=1S/C28H38N2O8S/c1-16(31)39-14-23(29-26(34)27(2,3)15-37-30(35)36)25(33)38-18-6-8-19-17(13-18)5-7-21-20(19)11-12-28(4)22(21)9-10-24(28)32/h6,8,13,20-24,32H,5,7,9-12,14-15H2,1-4H3,(H,29,34)/t20-,21-,22+,23?,24+,28+/m1/s1. The highest BCUT2D eigenvalue weighted by atomic mass is 32.2. The average Bonchev–Trinajstić information content (AvgIpc) is 3.18. The lowest BCUT2D eigenvalue weighted by Gasteiger charge is -2.50. The zero-order valence-corrected chi connectivity index (χ0v) is 23.8. The minimum absolute atomic E-state index is 0.00944. The molecule has 3 aliphatic carbocycles. The Labute approximate surface area is 232 Å². The lowest BCUT2D eigenvalue weighted by Crippen LogP contribution is -2.50. The zero-order chi connectivity index (χ0) is 28.5. The normalized spacial score (nSPS) is 28.3. The number of hydrogen-bond acceptors (Lipinski definition) is 9. The second kappa shape index (κ2) is 11.4. The first-order valence-electron chi connectivity index (χ1n) is 13.6. The Morgan fingerprint density at radius 3 is 2.69 bits per heavy atom. The molecule has 2 fully saturated rings. The maximum Gasteiger partial charge on any atom is 0.334 e.